The number of hydrogen-bond donors (Lipinski definition) is 2. The molecule has 4 nitrogen and oxygen atoms in total. The van der Waals surface area contributed by atoms with Gasteiger partial charge in [-0.05, 0) is 37.6 Å². The van der Waals surface area contributed by atoms with E-state index in [2.05, 4.69) is 34.4 Å². The highest BCUT2D eigenvalue weighted by Gasteiger charge is 2.12. The monoisotopic (exact) mass is 288 g/mol. The van der Waals surface area contributed by atoms with Crippen LogP contribution in [0.15, 0.2) is 18.2 Å². The van der Waals surface area contributed by atoms with Gasteiger partial charge >= 0.3 is 0 Å². The lowest BCUT2D eigenvalue weighted by molar-refractivity contribution is 0.619. The summed E-state index contributed by atoms with van der Waals surface area (Å²) in [6.45, 7) is 7.80. The lowest BCUT2D eigenvalue weighted by atomic mass is 10.2. The van der Waals surface area contributed by atoms with E-state index >= 15 is 0 Å². The van der Waals surface area contributed by atoms with Crippen LogP contribution >= 0.6 is 0 Å². The first-order valence-corrected chi connectivity index (χ1v) is 7.01. The highest BCUT2D eigenvalue weighted by Crippen LogP contribution is 2.26. The van der Waals surface area contributed by atoms with Crippen LogP contribution in [0.5, 0.6) is 0 Å². The molecular weight excluding hydrogens is 267 g/mol. The van der Waals surface area contributed by atoms with Gasteiger partial charge in [0.2, 0.25) is 0 Å². The zero-order valence-electron chi connectivity index (χ0n) is 13.1. The summed E-state index contributed by atoms with van der Waals surface area (Å²) in [6.07, 6.45) is 0. The van der Waals surface area contributed by atoms with E-state index in [9.17, 15) is 4.39 Å². The molecule has 2 N–H and O–H groups in total. The molecule has 0 saturated heterocycles. The second-order valence-corrected chi connectivity index (χ2v) is 5.40. The number of halogens is 1. The zero-order valence-corrected chi connectivity index (χ0v) is 13.1. The molecular formula is C16H21FN4. The summed E-state index contributed by atoms with van der Waals surface area (Å²) in [5, 5.41) is 6.34. The minimum Gasteiger partial charge on any atom is -0.373 e. The molecule has 2 rings (SSSR count). The van der Waals surface area contributed by atoms with E-state index < -0.39 is 0 Å². The van der Waals surface area contributed by atoms with Gasteiger partial charge in [-0.1, -0.05) is 13.8 Å². The number of nitrogens with zero attached hydrogens (tertiary/aromatic N) is 2. The van der Waals surface area contributed by atoms with E-state index in [1.165, 1.54) is 6.07 Å². The van der Waals surface area contributed by atoms with Crippen LogP contribution in [0.2, 0.25) is 0 Å². The second-order valence-electron chi connectivity index (χ2n) is 5.40. The first-order valence-electron chi connectivity index (χ1n) is 7.01. The van der Waals surface area contributed by atoms with Gasteiger partial charge < -0.3 is 10.6 Å². The van der Waals surface area contributed by atoms with Crippen LogP contribution in [-0.4, -0.2) is 17.0 Å². The van der Waals surface area contributed by atoms with Gasteiger partial charge in [0, 0.05) is 24.2 Å². The van der Waals surface area contributed by atoms with Crippen molar-refractivity contribution in [2.75, 3.05) is 17.7 Å². The van der Waals surface area contributed by atoms with Crippen molar-refractivity contribution in [3.8, 4) is 0 Å². The van der Waals surface area contributed by atoms with Gasteiger partial charge in [-0.3, -0.25) is 0 Å². The van der Waals surface area contributed by atoms with E-state index in [0.717, 1.165) is 28.7 Å². The molecule has 0 aliphatic heterocycles. The summed E-state index contributed by atoms with van der Waals surface area (Å²) in [6, 6.07) is 4.93. The Balaban J connectivity index is 2.42. The summed E-state index contributed by atoms with van der Waals surface area (Å²) in [4.78, 5) is 9.07. The molecule has 5 heteroatoms. The van der Waals surface area contributed by atoms with Crippen LogP contribution in [-0.2, 0) is 0 Å². The fourth-order valence-corrected chi connectivity index (χ4v) is 2.02. The summed E-state index contributed by atoms with van der Waals surface area (Å²) < 4.78 is 13.3. The Kier molecular flexibility index (Phi) is 4.40. The predicted molar refractivity (Wildman–Crippen MR) is 84.8 cm³/mol. The van der Waals surface area contributed by atoms with Gasteiger partial charge in [0.05, 0.1) is 0 Å². The molecule has 0 atom stereocenters. The standard InChI is InChI=1S/C16H21FN4/c1-9(2)14-20-15(18-5)11(4)16(21-14)19-12-6-7-13(17)10(3)8-12/h6-9H,1-5H3,(H2,18,19,20,21). The second kappa shape index (κ2) is 6.08. The van der Waals surface area contributed by atoms with Crippen LogP contribution in [0.1, 0.15) is 36.7 Å². The van der Waals surface area contributed by atoms with E-state index in [4.69, 9.17) is 0 Å². The molecule has 0 radical (unpaired) electrons. The molecule has 0 bridgehead atoms. The van der Waals surface area contributed by atoms with Gasteiger partial charge in [-0.2, -0.15) is 0 Å². The van der Waals surface area contributed by atoms with Crippen molar-refractivity contribution in [1.82, 2.24) is 9.97 Å². The quantitative estimate of drug-likeness (QED) is 0.887. The van der Waals surface area contributed by atoms with E-state index in [0.29, 0.717) is 5.56 Å². The van der Waals surface area contributed by atoms with Gasteiger partial charge in [0.1, 0.15) is 23.3 Å². The molecule has 21 heavy (non-hydrogen) atoms. The van der Waals surface area contributed by atoms with Crippen molar-refractivity contribution >= 4 is 17.3 Å². The summed E-state index contributed by atoms with van der Waals surface area (Å²) in [5.74, 6) is 2.33. The first kappa shape index (κ1) is 15.2. The molecule has 0 aliphatic rings. The maximum absolute atomic E-state index is 13.3. The number of aromatic nitrogens is 2. The van der Waals surface area contributed by atoms with Crippen LogP contribution in [0.4, 0.5) is 21.7 Å². The number of anilines is 3. The molecule has 0 aliphatic carbocycles. The highest BCUT2D eigenvalue weighted by molar-refractivity contribution is 5.65. The first-order chi connectivity index (χ1) is 9.92. The average molecular weight is 288 g/mol. The fraction of sp³-hybridized carbons (Fsp3) is 0.375. The molecule has 0 fully saturated rings. The molecule has 1 heterocycles. The number of hydrogen-bond acceptors (Lipinski definition) is 4. The Bertz CT molecular complexity index is 653. The maximum Gasteiger partial charge on any atom is 0.139 e. The number of benzene rings is 1. The average Bonchev–Trinajstić information content (AvgIpc) is 2.44. The molecule has 0 unspecified atom stereocenters. The smallest absolute Gasteiger partial charge is 0.139 e. The van der Waals surface area contributed by atoms with Gasteiger partial charge in [0.25, 0.3) is 0 Å². The number of nitrogens with one attached hydrogen (secondary N) is 2. The molecule has 0 amide bonds. The van der Waals surface area contributed by atoms with E-state index in [1.54, 1.807) is 19.1 Å². The SMILES string of the molecule is CNc1nc(C(C)C)nc(Nc2ccc(F)c(C)c2)c1C. The molecule has 0 spiro atoms. The summed E-state index contributed by atoms with van der Waals surface area (Å²) >= 11 is 0. The van der Waals surface area contributed by atoms with Gasteiger partial charge in [-0.25, -0.2) is 14.4 Å². The fourth-order valence-electron chi connectivity index (χ4n) is 2.02. The van der Waals surface area contributed by atoms with Crippen molar-refractivity contribution in [2.24, 2.45) is 0 Å². The largest absolute Gasteiger partial charge is 0.373 e. The third-order valence-electron chi connectivity index (χ3n) is 3.34. The normalized spacial score (nSPS) is 10.8. The minimum atomic E-state index is -0.209. The van der Waals surface area contributed by atoms with Crippen molar-refractivity contribution < 1.29 is 4.39 Å². The van der Waals surface area contributed by atoms with E-state index in [-0.39, 0.29) is 11.7 Å². The lowest BCUT2D eigenvalue weighted by Gasteiger charge is -2.15. The third kappa shape index (κ3) is 3.29. The Morgan fingerprint density at radius 2 is 1.76 bits per heavy atom. The molecule has 1 aromatic carbocycles. The third-order valence-corrected chi connectivity index (χ3v) is 3.34. The number of aryl methyl sites for hydroxylation is 1. The van der Waals surface area contributed by atoms with Gasteiger partial charge in [-0.15, -0.1) is 0 Å². The van der Waals surface area contributed by atoms with Crippen molar-refractivity contribution in [1.29, 1.82) is 0 Å². The van der Waals surface area contributed by atoms with Crippen molar-refractivity contribution in [3.63, 3.8) is 0 Å². The molecule has 0 saturated carbocycles. The van der Waals surface area contributed by atoms with Crippen LogP contribution in [0.25, 0.3) is 0 Å². The summed E-state index contributed by atoms with van der Waals surface area (Å²) in [7, 11) is 1.84. The Hall–Kier alpha value is -2.17. The highest BCUT2D eigenvalue weighted by atomic mass is 19.1. The predicted octanol–water partition coefficient (Wildman–Crippen LogP) is 4.14. The minimum absolute atomic E-state index is 0.209. The van der Waals surface area contributed by atoms with E-state index in [1.807, 2.05) is 14.0 Å². The van der Waals surface area contributed by atoms with Crippen molar-refractivity contribution in [2.45, 2.75) is 33.6 Å². The van der Waals surface area contributed by atoms with Crippen LogP contribution in [0, 0.1) is 19.7 Å². The summed E-state index contributed by atoms with van der Waals surface area (Å²) in [5.41, 5.74) is 2.35. The molecule has 112 valence electrons. The Morgan fingerprint density at radius 3 is 2.33 bits per heavy atom. The molecule has 1 aromatic heterocycles. The zero-order chi connectivity index (χ0) is 15.6. The van der Waals surface area contributed by atoms with Crippen LogP contribution in [0.3, 0.4) is 0 Å². The molecule has 2 aromatic rings. The lowest BCUT2D eigenvalue weighted by Crippen LogP contribution is -2.08. The Morgan fingerprint density at radius 1 is 1.10 bits per heavy atom. The van der Waals surface area contributed by atoms with Crippen molar-refractivity contribution in [3.05, 3.63) is 41.0 Å². The van der Waals surface area contributed by atoms with Gasteiger partial charge in [0.15, 0.2) is 0 Å². The number of rotatable bonds is 4. The van der Waals surface area contributed by atoms with Crippen LogP contribution < -0.4 is 10.6 Å². The Labute approximate surface area is 124 Å². The maximum atomic E-state index is 13.3. The topological polar surface area (TPSA) is 49.8 Å².